The van der Waals surface area contributed by atoms with Crippen molar-refractivity contribution in [2.24, 2.45) is 0 Å². The van der Waals surface area contributed by atoms with Crippen LogP contribution >= 0.6 is 0 Å². The van der Waals surface area contributed by atoms with Crippen molar-refractivity contribution in [1.82, 2.24) is 0 Å². The summed E-state index contributed by atoms with van der Waals surface area (Å²) in [4.78, 5) is 0. The van der Waals surface area contributed by atoms with Gasteiger partial charge in [-0.05, 0) is 0 Å². The largest absolute Gasteiger partial charge is 0.422 e. The van der Waals surface area contributed by atoms with Crippen LogP contribution in [0.4, 0.5) is 0 Å². The first-order valence-corrected chi connectivity index (χ1v) is 1.82. The lowest BCUT2D eigenvalue weighted by Gasteiger charge is -1.87. The highest BCUT2D eigenvalue weighted by Crippen LogP contribution is 1.93. The summed E-state index contributed by atoms with van der Waals surface area (Å²) in [6.45, 7) is 0. The Bertz CT molecular complexity index is 132. The van der Waals surface area contributed by atoms with E-state index in [9.17, 15) is 0 Å². The molecule has 0 amide bonds. The molecule has 0 aromatic carbocycles. The van der Waals surface area contributed by atoms with Gasteiger partial charge in [0.05, 0.1) is 0 Å². The van der Waals surface area contributed by atoms with Gasteiger partial charge in [-0.25, -0.2) is 0 Å². The highest BCUT2D eigenvalue weighted by molar-refractivity contribution is 6.07. The third kappa shape index (κ3) is 0.652. The molecule has 1 heterocycles. The molecule has 0 bridgehead atoms. The van der Waals surface area contributed by atoms with Crippen LogP contribution < -0.4 is 0 Å². The Morgan fingerprint density at radius 2 is 1.57 bits per heavy atom. The summed E-state index contributed by atoms with van der Waals surface area (Å²) in [5, 5.41) is 13.5. The summed E-state index contributed by atoms with van der Waals surface area (Å²) in [5.74, 6) is 0.0926. The fraction of sp³-hybridized carbons (Fsp3) is 0. The van der Waals surface area contributed by atoms with E-state index in [0.717, 1.165) is 0 Å². The van der Waals surface area contributed by atoms with Gasteiger partial charge in [0.25, 0.3) is 0 Å². The zero-order valence-electron chi connectivity index (χ0n) is 3.56. The first-order valence-electron chi connectivity index (χ1n) is 1.82. The van der Waals surface area contributed by atoms with Crippen LogP contribution in [0.2, 0.25) is 0 Å². The molecular weight excluding hydrogens is 92.1 g/mol. The number of hydrogen-bond donors (Lipinski definition) is 2. The molecule has 0 saturated carbocycles. The van der Waals surface area contributed by atoms with Gasteiger partial charge in [0.2, 0.25) is 11.8 Å². The molecule has 1 aliphatic rings. The molecular formula is C4H4N2O. The molecule has 0 aromatic rings. The second kappa shape index (κ2) is 1.18. The molecule has 2 N–H and O–H groups in total. The Balaban J connectivity index is 2.76. The van der Waals surface area contributed by atoms with Crippen molar-refractivity contribution in [1.29, 1.82) is 10.8 Å². The van der Waals surface area contributed by atoms with Crippen molar-refractivity contribution in [2.75, 3.05) is 0 Å². The SMILES string of the molecule is N=C1C=CC(=N)O1. The summed E-state index contributed by atoms with van der Waals surface area (Å²) < 4.78 is 4.42. The normalized spacial score (nSPS) is 17.7. The summed E-state index contributed by atoms with van der Waals surface area (Å²) in [6, 6.07) is 0. The summed E-state index contributed by atoms with van der Waals surface area (Å²) in [5.41, 5.74) is 0. The van der Waals surface area contributed by atoms with Crippen molar-refractivity contribution < 1.29 is 4.74 Å². The molecule has 36 valence electrons. The van der Waals surface area contributed by atoms with Gasteiger partial charge in [0.1, 0.15) is 0 Å². The molecule has 1 aliphatic heterocycles. The number of ether oxygens (including phenoxy) is 1. The van der Waals surface area contributed by atoms with Crippen LogP contribution in [-0.4, -0.2) is 11.8 Å². The summed E-state index contributed by atoms with van der Waals surface area (Å²) in [7, 11) is 0. The summed E-state index contributed by atoms with van der Waals surface area (Å²) >= 11 is 0. The van der Waals surface area contributed by atoms with Gasteiger partial charge >= 0.3 is 0 Å². The van der Waals surface area contributed by atoms with E-state index in [-0.39, 0.29) is 11.8 Å². The van der Waals surface area contributed by atoms with Crippen molar-refractivity contribution in [3.05, 3.63) is 12.2 Å². The fourth-order valence-corrected chi connectivity index (χ4v) is 0.338. The Morgan fingerprint density at radius 1 is 1.14 bits per heavy atom. The van der Waals surface area contributed by atoms with Crippen LogP contribution in [0.15, 0.2) is 12.2 Å². The first kappa shape index (κ1) is 4.05. The van der Waals surface area contributed by atoms with E-state index >= 15 is 0 Å². The standard InChI is InChI=1S/C4H4N2O/c5-3-1-2-4(6)7-3/h1-2,5-6H. The number of rotatable bonds is 0. The molecule has 0 atom stereocenters. The molecule has 3 heteroatoms. The van der Waals surface area contributed by atoms with Crippen LogP contribution in [0.1, 0.15) is 0 Å². The molecule has 0 aliphatic carbocycles. The maximum absolute atomic E-state index is 6.73. The smallest absolute Gasteiger partial charge is 0.214 e. The van der Waals surface area contributed by atoms with E-state index in [0.29, 0.717) is 0 Å². The van der Waals surface area contributed by atoms with E-state index in [1.54, 1.807) is 0 Å². The molecule has 0 spiro atoms. The van der Waals surface area contributed by atoms with Gasteiger partial charge in [0.15, 0.2) is 0 Å². The Labute approximate surface area is 40.6 Å². The van der Waals surface area contributed by atoms with E-state index in [1.807, 2.05) is 0 Å². The van der Waals surface area contributed by atoms with Crippen LogP contribution in [0.25, 0.3) is 0 Å². The Kier molecular flexibility index (Phi) is 0.685. The summed E-state index contributed by atoms with van der Waals surface area (Å²) in [6.07, 6.45) is 2.87. The fourth-order valence-electron chi connectivity index (χ4n) is 0.338. The lowest BCUT2D eigenvalue weighted by atomic mass is 10.5. The Morgan fingerprint density at radius 3 is 1.71 bits per heavy atom. The minimum atomic E-state index is 0.0463. The van der Waals surface area contributed by atoms with E-state index in [4.69, 9.17) is 10.8 Å². The topological polar surface area (TPSA) is 56.9 Å². The van der Waals surface area contributed by atoms with Gasteiger partial charge in [-0.15, -0.1) is 0 Å². The van der Waals surface area contributed by atoms with E-state index in [2.05, 4.69) is 4.74 Å². The lowest BCUT2D eigenvalue weighted by Crippen LogP contribution is -1.95. The van der Waals surface area contributed by atoms with Gasteiger partial charge in [0, 0.05) is 12.2 Å². The zero-order valence-corrected chi connectivity index (χ0v) is 3.56. The molecule has 0 saturated heterocycles. The van der Waals surface area contributed by atoms with E-state index < -0.39 is 0 Å². The molecule has 3 nitrogen and oxygen atoms in total. The molecule has 0 unspecified atom stereocenters. The molecule has 1 rings (SSSR count). The van der Waals surface area contributed by atoms with E-state index in [1.165, 1.54) is 12.2 Å². The van der Waals surface area contributed by atoms with Gasteiger partial charge in [-0.1, -0.05) is 0 Å². The second-order valence-corrected chi connectivity index (χ2v) is 1.16. The van der Waals surface area contributed by atoms with Gasteiger partial charge in [-0.3, -0.25) is 10.8 Å². The highest BCUT2D eigenvalue weighted by Gasteiger charge is 2.02. The first-order chi connectivity index (χ1) is 3.29. The third-order valence-electron chi connectivity index (χ3n) is 0.606. The lowest BCUT2D eigenvalue weighted by molar-refractivity contribution is 0.555. The van der Waals surface area contributed by atoms with Crippen LogP contribution in [0.3, 0.4) is 0 Å². The van der Waals surface area contributed by atoms with Crippen molar-refractivity contribution >= 4 is 11.8 Å². The zero-order chi connectivity index (χ0) is 5.28. The maximum atomic E-state index is 6.73. The highest BCUT2D eigenvalue weighted by atomic mass is 16.5. The minimum Gasteiger partial charge on any atom is -0.422 e. The quantitative estimate of drug-likeness (QED) is 0.454. The second-order valence-electron chi connectivity index (χ2n) is 1.16. The molecule has 0 radical (unpaired) electrons. The van der Waals surface area contributed by atoms with Crippen molar-refractivity contribution in [3.8, 4) is 0 Å². The molecule has 0 fully saturated rings. The minimum absolute atomic E-state index is 0.0463. The molecule has 0 aromatic heterocycles. The third-order valence-corrected chi connectivity index (χ3v) is 0.606. The Hall–Kier alpha value is -1.12. The number of hydrogen-bond acceptors (Lipinski definition) is 3. The van der Waals surface area contributed by atoms with Gasteiger partial charge < -0.3 is 4.74 Å². The number of nitrogens with one attached hydrogen (secondary N) is 2. The van der Waals surface area contributed by atoms with Gasteiger partial charge in [-0.2, -0.15) is 0 Å². The average Bonchev–Trinajstić information content (AvgIpc) is 1.87. The molecule has 7 heavy (non-hydrogen) atoms. The van der Waals surface area contributed by atoms with Crippen molar-refractivity contribution in [3.63, 3.8) is 0 Å². The van der Waals surface area contributed by atoms with Crippen LogP contribution in [-0.2, 0) is 4.74 Å². The monoisotopic (exact) mass is 96.0 g/mol. The maximum Gasteiger partial charge on any atom is 0.214 e. The average molecular weight is 96.1 g/mol. The predicted molar refractivity (Wildman–Crippen MR) is 25.7 cm³/mol. The van der Waals surface area contributed by atoms with Crippen LogP contribution in [0, 0.1) is 10.8 Å². The van der Waals surface area contributed by atoms with Crippen LogP contribution in [0.5, 0.6) is 0 Å². The van der Waals surface area contributed by atoms with Crippen molar-refractivity contribution in [2.45, 2.75) is 0 Å². The predicted octanol–water partition coefficient (Wildman–Crippen LogP) is 0.527.